The van der Waals surface area contributed by atoms with E-state index in [1.54, 1.807) is 25.0 Å². The van der Waals surface area contributed by atoms with E-state index in [1.807, 2.05) is 30.5 Å². The molecular formula is C19H17ClN6O2S. The highest BCUT2D eigenvalue weighted by Gasteiger charge is 2.22. The van der Waals surface area contributed by atoms with E-state index in [0.717, 1.165) is 15.6 Å². The first-order valence-electron chi connectivity index (χ1n) is 8.70. The van der Waals surface area contributed by atoms with Crippen LogP contribution in [0.3, 0.4) is 0 Å². The number of amides is 2. The number of benzene rings is 1. The highest BCUT2D eigenvalue weighted by molar-refractivity contribution is 7.21. The van der Waals surface area contributed by atoms with E-state index >= 15 is 0 Å². The molecule has 3 heterocycles. The van der Waals surface area contributed by atoms with Crippen LogP contribution in [0.4, 0.5) is 5.69 Å². The monoisotopic (exact) mass is 428 g/mol. The van der Waals surface area contributed by atoms with E-state index < -0.39 is 0 Å². The average molecular weight is 429 g/mol. The molecule has 4 rings (SSSR count). The first kappa shape index (κ1) is 19.2. The van der Waals surface area contributed by atoms with E-state index in [2.05, 4.69) is 20.8 Å². The molecule has 0 bridgehead atoms. The summed E-state index contributed by atoms with van der Waals surface area (Å²) < 4.78 is 4.00. The maximum Gasteiger partial charge on any atom is 0.271 e. The van der Waals surface area contributed by atoms with E-state index in [4.69, 9.17) is 11.6 Å². The standard InChI is InChI=1S/C19H17ClN6O2S/c1-25-10-11(8-22-25)7-21-18(27)16-13(9-23-26(16)2)24-19(28)17-15(20)12-5-3-4-6-14(12)29-17/h3-6,8-10H,7H2,1-2H3,(H,21,27)(H,24,28). The Balaban J connectivity index is 1.54. The number of anilines is 1. The first-order chi connectivity index (χ1) is 13.9. The van der Waals surface area contributed by atoms with Gasteiger partial charge in [0.25, 0.3) is 11.8 Å². The molecule has 0 radical (unpaired) electrons. The summed E-state index contributed by atoms with van der Waals surface area (Å²) in [6.07, 6.45) is 4.93. The lowest BCUT2D eigenvalue weighted by Gasteiger charge is -2.08. The molecule has 1 aromatic carbocycles. The number of fused-ring (bicyclic) bond motifs is 1. The Bertz CT molecular complexity index is 1220. The molecule has 0 fully saturated rings. The summed E-state index contributed by atoms with van der Waals surface area (Å²) in [7, 11) is 3.44. The maximum atomic E-state index is 12.8. The van der Waals surface area contributed by atoms with Crippen molar-refractivity contribution in [1.29, 1.82) is 0 Å². The molecule has 4 aromatic rings. The van der Waals surface area contributed by atoms with Gasteiger partial charge in [-0.2, -0.15) is 10.2 Å². The molecule has 148 valence electrons. The molecule has 0 unspecified atom stereocenters. The average Bonchev–Trinajstić information content (AvgIpc) is 3.38. The topological polar surface area (TPSA) is 93.8 Å². The summed E-state index contributed by atoms with van der Waals surface area (Å²) in [5.41, 5.74) is 1.43. The van der Waals surface area contributed by atoms with E-state index in [9.17, 15) is 9.59 Å². The third-order valence-electron chi connectivity index (χ3n) is 4.35. The lowest BCUT2D eigenvalue weighted by atomic mass is 10.2. The highest BCUT2D eigenvalue weighted by atomic mass is 35.5. The van der Waals surface area contributed by atoms with Crippen molar-refractivity contribution in [1.82, 2.24) is 24.9 Å². The van der Waals surface area contributed by atoms with Crippen LogP contribution < -0.4 is 10.6 Å². The zero-order chi connectivity index (χ0) is 20.5. The molecule has 10 heteroatoms. The fourth-order valence-corrected chi connectivity index (χ4v) is 4.38. The van der Waals surface area contributed by atoms with Crippen LogP contribution in [0, 0.1) is 0 Å². The Labute approximate surface area is 175 Å². The largest absolute Gasteiger partial charge is 0.346 e. The van der Waals surface area contributed by atoms with Gasteiger partial charge in [0.15, 0.2) is 0 Å². The third kappa shape index (κ3) is 3.74. The third-order valence-corrected chi connectivity index (χ3v) is 6.03. The van der Waals surface area contributed by atoms with Crippen molar-refractivity contribution in [2.75, 3.05) is 5.32 Å². The highest BCUT2D eigenvalue weighted by Crippen LogP contribution is 2.35. The fourth-order valence-electron chi connectivity index (χ4n) is 2.97. The molecule has 0 saturated carbocycles. The van der Waals surface area contributed by atoms with Crippen LogP contribution in [0.1, 0.15) is 25.7 Å². The molecule has 2 amide bonds. The molecule has 2 N–H and O–H groups in total. The van der Waals surface area contributed by atoms with Gasteiger partial charge in [0, 0.05) is 42.5 Å². The second-order valence-corrected chi connectivity index (χ2v) is 7.86. The molecule has 0 aliphatic heterocycles. The lowest BCUT2D eigenvalue weighted by Crippen LogP contribution is -2.26. The second-order valence-electron chi connectivity index (χ2n) is 6.43. The number of halogens is 1. The molecule has 8 nitrogen and oxygen atoms in total. The van der Waals surface area contributed by atoms with Crippen molar-refractivity contribution in [3.05, 3.63) is 64.0 Å². The van der Waals surface area contributed by atoms with Crippen LogP contribution in [0.25, 0.3) is 10.1 Å². The summed E-state index contributed by atoms with van der Waals surface area (Å²) in [6, 6.07) is 7.54. The van der Waals surface area contributed by atoms with E-state index in [0.29, 0.717) is 22.1 Å². The summed E-state index contributed by atoms with van der Waals surface area (Å²) in [6.45, 7) is 0.313. The van der Waals surface area contributed by atoms with Crippen LogP contribution in [0.15, 0.2) is 42.9 Å². The Kier molecular flexibility index (Phi) is 5.08. The summed E-state index contributed by atoms with van der Waals surface area (Å²) in [5.74, 6) is -0.739. The predicted molar refractivity (Wildman–Crippen MR) is 112 cm³/mol. The number of rotatable bonds is 5. The molecule has 0 aliphatic carbocycles. The number of hydrogen-bond donors (Lipinski definition) is 2. The predicted octanol–water partition coefficient (Wildman–Crippen LogP) is 3.20. The summed E-state index contributed by atoms with van der Waals surface area (Å²) in [4.78, 5) is 25.9. The Morgan fingerprint density at radius 1 is 1.14 bits per heavy atom. The molecule has 0 saturated heterocycles. The van der Waals surface area contributed by atoms with Gasteiger partial charge in [0.05, 0.1) is 23.1 Å². The number of aromatic nitrogens is 4. The van der Waals surface area contributed by atoms with Crippen molar-refractivity contribution < 1.29 is 9.59 Å². The van der Waals surface area contributed by atoms with Crippen molar-refractivity contribution in [2.24, 2.45) is 14.1 Å². The number of nitrogens with one attached hydrogen (secondary N) is 2. The number of carbonyl (C=O) groups excluding carboxylic acids is 2. The number of thiophene rings is 1. The Hall–Kier alpha value is -3.17. The normalized spacial score (nSPS) is 11.0. The number of nitrogens with zero attached hydrogens (tertiary/aromatic N) is 4. The molecular weight excluding hydrogens is 412 g/mol. The van der Waals surface area contributed by atoms with Crippen molar-refractivity contribution in [3.63, 3.8) is 0 Å². The second kappa shape index (κ2) is 7.69. The minimum absolute atomic E-state index is 0.250. The molecule has 3 aromatic heterocycles. The van der Waals surface area contributed by atoms with E-state index in [1.165, 1.54) is 22.2 Å². The maximum absolute atomic E-state index is 12.8. The summed E-state index contributed by atoms with van der Waals surface area (Å²) >= 11 is 7.69. The molecule has 0 aliphatic rings. The first-order valence-corrected chi connectivity index (χ1v) is 9.89. The van der Waals surface area contributed by atoms with Gasteiger partial charge in [0.2, 0.25) is 0 Å². The van der Waals surface area contributed by atoms with Gasteiger partial charge in [0.1, 0.15) is 10.6 Å². The quantitative estimate of drug-likeness (QED) is 0.510. The van der Waals surface area contributed by atoms with Crippen molar-refractivity contribution >= 4 is 50.5 Å². The molecule has 0 spiro atoms. The molecule has 0 atom stereocenters. The van der Waals surface area contributed by atoms with Crippen LogP contribution in [-0.2, 0) is 20.6 Å². The van der Waals surface area contributed by atoms with Gasteiger partial charge >= 0.3 is 0 Å². The van der Waals surface area contributed by atoms with Gasteiger partial charge in [-0.25, -0.2) is 0 Å². The van der Waals surface area contributed by atoms with Gasteiger partial charge in [-0.05, 0) is 6.07 Å². The SMILES string of the molecule is Cn1cc(CNC(=O)c2c(NC(=O)c3sc4ccccc4c3Cl)cnn2C)cn1. The van der Waals surface area contributed by atoms with Gasteiger partial charge in [-0.1, -0.05) is 29.8 Å². The zero-order valence-corrected chi connectivity index (χ0v) is 17.2. The Morgan fingerprint density at radius 3 is 2.66 bits per heavy atom. The lowest BCUT2D eigenvalue weighted by molar-refractivity contribution is 0.0942. The van der Waals surface area contributed by atoms with Gasteiger partial charge in [-0.15, -0.1) is 11.3 Å². The van der Waals surface area contributed by atoms with Crippen LogP contribution >= 0.6 is 22.9 Å². The number of carbonyl (C=O) groups is 2. The van der Waals surface area contributed by atoms with Crippen LogP contribution in [-0.4, -0.2) is 31.4 Å². The van der Waals surface area contributed by atoms with Crippen LogP contribution in [0.5, 0.6) is 0 Å². The van der Waals surface area contributed by atoms with Crippen LogP contribution in [0.2, 0.25) is 5.02 Å². The summed E-state index contributed by atoms with van der Waals surface area (Å²) in [5, 5.41) is 15.0. The van der Waals surface area contributed by atoms with E-state index in [-0.39, 0.29) is 17.5 Å². The Morgan fingerprint density at radius 2 is 1.93 bits per heavy atom. The zero-order valence-electron chi connectivity index (χ0n) is 15.6. The fraction of sp³-hybridized carbons (Fsp3) is 0.158. The van der Waals surface area contributed by atoms with Gasteiger partial charge < -0.3 is 10.6 Å². The number of hydrogen-bond acceptors (Lipinski definition) is 5. The van der Waals surface area contributed by atoms with Crippen molar-refractivity contribution in [2.45, 2.75) is 6.54 Å². The minimum Gasteiger partial charge on any atom is -0.346 e. The smallest absolute Gasteiger partial charge is 0.271 e. The van der Waals surface area contributed by atoms with Gasteiger partial charge in [-0.3, -0.25) is 19.0 Å². The number of aryl methyl sites for hydroxylation is 2. The van der Waals surface area contributed by atoms with Crippen molar-refractivity contribution in [3.8, 4) is 0 Å². The minimum atomic E-state index is -0.384. The molecule has 29 heavy (non-hydrogen) atoms.